The molecule has 3 aromatic carbocycles. The molecule has 2 atom stereocenters. The summed E-state index contributed by atoms with van der Waals surface area (Å²) in [6, 6.07) is 33.3. The van der Waals surface area contributed by atoms with Crippen LogP contribution in [0.4, 0.5) is 0 Å². The van der Waals surface area contributed by atoms with Gasteiger partial charge in [0.25, 0.3) is 0 Å². The maximum atomic E-state index is 2.59. The fraction of sp³-hybridized carbons (Fsp3) is 0.182. The molecular formula is C22H21N. The molecule has 1 aliphatic heterocycles. The Balaban J connectivity index is 2.03. The molecule has 0 amide bonds. The van der Waals surface area contributed by atoms with E-state index in [1.54, 1.807) is 0 Å². The standard InChI is InChI=1S/C22H21N/c1-18-17-23(18)22(19-11-5-2-6-12-19,20-13-7-3-8-14-20)21-15-9-4-10-16-21/h2-16,18H,17H2,1H3. The second kappa shape index (κ2) is 5.68. The van der Waals surface area contributed by atoms with Crippen molar-refractivity contribution in [1.82, 2.24) is 4.90 Å². The molecule has 1 fully saturated rings. The van der Waals surface area contributed by atoms with Crippen LogP contribution in [0.3, 0.4) is 0 Å². The van der Waals surface area contributed by atoms with Gasteiger partial charge in [-0.05, 0) is 23.6 Å². The minimum Gasteiger partial charge on any atom is -0.281 e. The van der Waals surface area contributed by atoms with E-state index in [2.05, 4.69) is 103 Å². The molecule has 0 bridgehead atoms. The monoisotopic (exact) mass is 299 g/mol. The summed E-state index contributed by atoms with van der Waals surface area (Å²) in [6.45, 7) is 3.43. The highest BCUT2D eigenvalue weighted by atomic mass is 15.4. The Morgan fingerprint density at radius 2 is 0.957 bits per heavy atom. The smallest absolute Gasteiger partial charge is 0.0976 e. The maximum Gasteiger partial charge on any atom is 0.0976 e. The topological polar surface area (TPSA) is 3.01 Å². The average Bonchev–Trinajstić information content (AvgIpc) is 3.35. The average molecular weight is 299 g/mol. The molecule has 0 radical (unpaired) electrons. The Morgan fingerprint density at radius 1 is 0.652 bits per heavy atom. The molecule has 0 aliphatic carbocycles. The zero-order valence-electron chi connectivity index (χ0n) is 13.4. The lowest BCUT2D eigenvalue weighted by Crippen LogP contribution is -2.38. The summed E-state index contributed by atoms with van der Waals surface area (Å²) in [6.07, 6.45) is 0. The third-order valence-corrected chi connectivity index (χ3v) is 4.86. The van der Waals surface area contributed by atoms with Crippen LogP contribution in [0.2, 0.25) is 0 Å². The van der Waals surface area contributed by atoms with Gasteiger partial charge in [-0.25, -0.2) is 0 Å². The van der Waals surface area contributed by atoms with Crippen LogP contribution in [0.25, 0.3) is 0 Å². The van der Waals surface area contributed by atoms with Gasteiger partial charge >= 0.3 is 0 Å². The van der Waals surface area contributed by atoms with Crippen molar-refractivity contribution in [3.05, 3.63) is 108 Å². The SMILES string of the molecule is CC1CN1C(c1ccccc1)(c1ccccc1)c1ccccc1. The molecule has 1 heterocycles. The number of benzene rings is 3. The quantitative estimate of drug-likeness (QED) is 0.499. The van der Waals surface area contributed by atoms with Crippen LogP contribution in [0, 0.1) is 0 Å². The van der Waals surface area contributed by atoms with Crippen LogP contribution in [-0.2, 0) is 5.54 Å². The largest absolute Gasteiger partial charge is 0.281 e. The van der Waals surface area contributed by atoms with Crippen molar-refractivity contribution in [3.63, 3.8) is 0 Å². The van der Waals surface area contributed by atoms with Gasteiger partial charge in [-0.1, -0.05) is 91.0 Å². The first-order valence-electron chi connectivity index (χ1n) is 8.27. The highest BCUT2D eigenvalue weighted by molar-refractivity contribution is 5.51. The number of nitrogens with zero attached hydrogens (tertiary/aromatic N) is 1. The van der Waals surface area contributed by atoms with E-state index >= 15 is 0 Å². The molecule has 23 heavy (non-hydrogen) atoms. The summed E-state index contributed by atoms with van der Waals surface area (Å²) in [5, 5.41) is 0. The summed E-state index contributed by atoms with van der Waals surface area (Å²) in [4.78, 5) is 2.59. The molecule has 0 aromatic heterocycles. The Labute approximate surface area is 138 Å². The Bertz CT molecular complexity index is 668. The first-order chi connectivity index (χ1) is 11.3. The molecule has 114 valence electrons. The summed E-state index contributed by atoms with van der Waals surface area (Å²) in [5.74, 6) is 0. The Kier molecular flexibility index (Phi) is 3.51. The highest BCUT2D eigenvalue weighted by Crippen LogP contribution is 2.47. The van der Waals surface area contributed by atoms with Gasteiger partial charge in [0, 0.05) is 12.6 Å². The molecule has 3 aromatic rings. The fourth-order valence-corrected chi connectivity index (χ4v) is 3.74. The Hall–Kier alpha value is -2.38. The van der Waals surface area contributed by atoms with Crippen molar-refractivity contribution in [3.8, 4) is 0 Å². The molecule has 2 unspecified atom stereocenters. The molecule has 1 heteroatoms. The van der Waals surface area contributed by atoms with E-state index in [-0.39, 0.29) is 5.54 Å². The van der Waals surface area contributed by atoms with E-state index in [0.29, 0.717) is 6.04 Å². The normalized spacial score (nSPS) is 20.2. The number of rotatable bonds is 4. The molecular weight excluding hydrogens is 278 g/mol. The molecule has 0 saturated carbocycles. The van der Waals surface area contributed by atoms with Gasteiger partial charge in [-0.15, -0.1) is 0 Å². The van der Waals surface area contributed by atoms with Gasteiger partial charge in [0.2, 0.25) is 0 Å². The molecule has 1 saturated heterocycles. The second-order valence-electron chi connectivity index (χ2n) is 6.31. The fourth-order valence-electron chi connectivity index (χ4n) is 3.74. The third-order valence-electron chi connectivity index (χ3n) is 4.86. The van der Waals surface area contributed by atoms with E-state index in [1.165, 1.54) is 16.7 Å². The van der Waals surface area contributed by atoms with Crippen molar-refractivity contribution >= 4 is 0 Å². The lowest BCUT2D eigenvalue weighted by molar-refractivity contribution is 0.326. The van der Waals surface area contributed by atoms with Crippen molar-refractivity contribution in [2.45, 2.75) is 18.5 Å². The van der Waals surface area contributed by atoms with Crippen molar-refractivity contribution in [1.29, 1.82) is 0 Å². The highest BCUT2D eigenvalue weighted by Gasteiger charge is 2.50. The van der Waals surface area contributed by atoms with Crippen molar-refractivity contribution in [2.75, 3.05) is 6.54 Å². The van der Waals surface area contributed by atoms with Gasteiger partial charge in [-0.3, -0.25) is 4.90 Å². The van der Waals surface area contributed by atoms with E-state index in [1.807, 2.05) is 0 Å². The van der Waals surface area contributed by atoms with E-state index in [4.69, 9.17) is 0 Å². The zero-order valence-corrected chi connectivity index (χ0v) is 13.4. The van der Waals surface area contributed by atoms with Crippen molar-refractivity contribution < 1.29 is 0 Å². The lowest BCUT2D eigenvalue weighted by atomic mass is 9.76. The van der Waals surface area contributed by atoms with Crippen LogP contribution >= 0.6 is 0 Å². The van der Waals surface area contributed by atoms with Crippen molar-refractivity contribution in [2.24, 2.45) is 0 Å². The molecule has 0 spiro atoms. The van der Waals surface area contributed by atoms with Crippen LogP contribution in [0.15, 0.2) is 91.0 Å². The minimum absolute atomic E-state index is 0.205. The summed E-state index contributed by atoms with van der Waals surface area (Å²) in [7, 11) is 0. The lowest BCUT2D eigenvalue weighted by Gasteiger charge is -2.38. The van der Waals surface area contributed by atoms with Gasteiger partial charge < -0.3 is 0 Å². The summed E-state index contributed by atoms with van der Waals surface area (Å²) >= 11 is 0. The van der Waals surface area contributed by atoms with Crippen LogP contribution < -0.4 is 0 Å². The third kappa shape index (κ3) is 2.29. The van der Waals surface area contributed by atoms with Gasteiger partial charge in [0.15, 0.2) is 0 Å². The molecule has 1 nitrogen and oxygen atoms in total. The maximum absolute atomic E-state index is 2.59. The van der Waals surface area contributed by atoms with Crippen LogP contribution in [0.5, 0.6) is 0 Å². The second-order valence-corrected chi connectivity index (χ2v) is 6.31. The van der Waals surface area contributed by atoms with Gasteiger partial charge in [0.05, 0.1) is 5.54 Å². The van der Waals surface area contributed by atoms with E-state index in [9.17, 15) is 0 Å². The van der Waals surface area contributed by atoms with E-state index in [0.717, 1.165) is 6.54 Å². The zero-order chi connectivity index (χ0) is 15.7. The number of hydrogen-bond donors (Lipinski definition) is 0. The predicted octanol–water partition coefficient (Wildman–Crippen LogP) is 4.68. The molecule has 1 aliphatic rings. The predicted molar refractivity (Wildman–Crippen MR) is 95.4 cm³/mol. The minimum atomic E-state index is -0.205. The Morgan fingerprint density at radius 3 is 1.22 bits per heavy atom. The van der Waals surface area contributed by atoms with Gasteiger partial charge in [0.1, 0.15) is 0 Å². The van der Waals surface area contributed by atoms with Crippen LogP contribution in [-0.4, -0.2) is 17.5 Å². The summed E-state index contributed by atoms with van der Waals surface area (Å²) in [5.41, 5.74) is 3.80. The van der Waals surface area contributed by atoms with E-state index < -0.39 is 0 Å². The molecule has 0 N–H and O–H groups in total. The van der Waals surface area contributed by atoms with Crippen LogP contribution in [0.1, 0.15) is 23.6 Å². The first-order valence-corrected chi connectivity index (χ1v) is 8.27. The summed E-state index contributed by atoms with van der Waals surface area (Å²) < 4.78 is 0. The first kappa shape index (κ1) is 14.2. The molecule has 4 rings (SSSR count). The van der Waals surface area contributed by atoms with Gasteiger partial charge in [-0.2, -0.15) is 0 Å². The number of hydrogen-bond acceptors (Lipinski definition) is 1.